The van der Waals surface area contributed by atoms with Crippen LogP contribution in [0.5, 0.6) is 0 Å². The number of nitriles is 1. The predicted octanol–water partition coefficient (Wildman–Crippen LogP) is 7.87. The third-order valence-electron chi connectivity index (χ3n) is 7.78. The molecule has 0 radical (unpaired) electrons. The summed E-state index contributed by atoms with van der Waals surface area (Å²) < 4.78 is 6.33. The average Bonchev–Trinajstić information content (AvgIpc) is 3.44. The van der Waals surface area contributed by atoms with Gasteiger partial charge in [0.15, 0.2) is 0 Å². The molecule has 0 saturated heterocycles. The van der Waals surface area contributed by atoms with E-state index in [1.165, 1.54) is 5.56 Å². The minimum absolute atomic E-state index is 0.0573. The third-order valence-corrected chi connectivity index (χ3v) is 7.78. The smallest absolute Gasteiger partial charge is 0.143 e. The molecule has 2 heterocycles. The average molecular weight is 545 g/mol. The Bertz CT molecular complexity index is 2000. The van der Waals surface area contributed by atoms with Crippen molar-refractivity contribution < 1.29 is 4.42 Å². The fourth-order valence-corrected chi connectivity index (χ4v) is 5.50. The number of nitrogens with one attached hydrogen (secondary N) is 2. The Morgan fingerprint density at radius 1 is 0.762 bits per heavy atom. The maximum Gasteiger partial charge on any atom is 0.143 e. The number of fused-ring (bicyclic) bond motifs is 3. The van der Waals surface area contributed by atoms with Crippen LogP contribution in [0, 0.1) is 11.3 Å². The first-order valence-electron chi connectivity index (χ1n) is 13.9. The van der Waals surface area contributed by atoms with Crippen molar-refractivity contribution in [3.8, 4) is 28.3 Å². The number of nitrogens with two attached hydrogens (primary N) is 1. The summed E-state index contributed by atoms with van der Waals surface area (Å²) in [5, 5.41) is 18.1. The van der Waals surface area contributed by atoms with Crippen LogP contribution in [0.1, 0.15) is 22.9 Å². The Morgan fingerprint density at radius 2 is 1.52 bits per heavy atom. The van der Waals surface area contributed by atoms with E-state index in [-0.39, 0.29) is 12.3 Å². The molecule has 7 rings (SSSR count). The van der Waals surface area contributed by atoms with E-state index in [0.29, 0.717) is 5.56 Å². The van der Waals surface area contributed by atoms with Crippen molar-refractivity contribution in [1.82, 2.24) is 10.6 Å². The summed E-state index contributed by atoms with van der Waals surface area (Å²) in [6, 6.07) is 41.0. The molecule has 5 aromatic carbocycles. The van der Waals surface area contributed by atoms with Crippen molar-refractivity contribution in [3.63, 3.8) is 0 Å². The lowest BCUT2D eigenvalue weighted by atomic mass is 9.99. The Labute approximate surface area is 244 Å². The van der Waals surface area contributed by atoms with Gasteiger partial charge in [-0.3, -0.25) is 5.32 Å². The molecule has 0 amide bonds. The Morgan fingerprint density at radius 3 is 2.26 bits per heavy atom. The van der Waals surface area contributed by atoms with Crippen molar-refractivity contribution in [2.75, 3.05) is 0 Å². The van der Waals surface area contributed by atoms with Gasteiger partial charge in [-0.15, -0.1) is 0 Å². The van der Waals surface area contributed by atoms with Gasteiger partial charge < -0.3 is 15.5 Å². The van der Waals surface area contributed by atoms with Crippen LogP contribution < -0.4 is 16.4 Å². The van der Waals surface area contributed by atoms with E-state index < -0.39 is 0 Å². The van der Waals surface area contributed by atoms with Crippen LogP contribution in [0.25, 0.3) is 49.8 Å². The number of nitrogens with zero attached hydrogens (tertiary/aromatic N) is 1. The molecule has 6 aromatic rings. The third kappa shape index (κ3) is 4.86. The van der Waals surface area contributed by atoms with Crippen molar-refractivity contribution in [1.29, 1.82) is 5.26 Å². The van der Waals surface area contributed by atoms with Gasteiger partial charge in [-0.05, 0) is 63.7 Å². The zero-order valence-corrected chi connectivity index (χ0v) is 22.8. The van der Waals surface area contributed by atoms with Gasteiger partial charge >= 0.3 is 0 Å². The van der Waals surface area contributed by atoms with E-state index in [0.717, 1.165) is 55.3 Å². The quantitative estimate of drug-likeness (QED) is 0.186. The summed E-state index contributed by atoms with van der Waals surface area (Å²) >= 11 is 0. The van der Waals surface area contributed by atoms with Crippen LogP contribution in [-0.2, 0) is 0 Å². The second-order valence-corrected chi connectivity index (χ2v) is 10.4. The zero-order valence-electron chi connectivity index (χ0n) is 22.8. The SMILES string of the molecule is N#Cc1ccc(-c2cccc3c2oc2ccc(-c4ccc(C(N)NC5C=CC(c6ccccc6)=CN5)cc4)cc23)cc1. The topological polar surface area (TPSA) is 87.0 Å². The highest BCUT2D eigenvalue weighted by Gasteiger charge is 2.15. The highest BCUT2D eigenvalue weighted by molar-refractivity contribution is 6.10. The van der Waals surface area contributed by atoms with Gasteiger partial charge in [0.1, 0.15) is 11.2 Å². The molecule has 5 heteroatoms. The van der Waals surface area contributed by atoms with Gasteiger partial charge in [-0.1, -0.05) is 97.1 Å². The fraction of sp³-hybridized carbons (Fsp3) is 0.0541. The molecule has 2 atom stereocenters. The molecule has 202 valence electrons. The molecule has 4 N–H and O–H groups in total. The number of furan rings is 1. The summed E-state index contributed by atoms with van der Waals surface area (Å²) in [5.74, 6) is 0. The second kappa shape index (κ2) is 10.9. The van der Waals surface area contributed by atoms with Crippen LogP contribution in [0.2, 0.25) is 0 Å². The second-order valence-electron chi connectivity index (χ2n) is 10.4. The van der Waals surface area contributed by atoms with Crippen LogP contribution in [-0.4, -0.2) is 6.17 Å². The van der Waals surface area contributed by atoms with E-state index >= 15 is 0 Å². The maximum atomic E-state index is 9.15. The molecule has 42 heavy (non-hydrogen) atoms. The molecule has 0 fully saturated rings. The number of allylic oxidation sites excluding steroid dienone is 2. The summed E-state index contributed by atoms with van der Waals surface area (Å²) in [5.41, 5.74) is 16.4. The number of dihydropyridines is 1. The predicted molar refractivity (Wildman–Crippen MR) is 170 cm³/mol. The van der Waals surface area contributed by atoms with Crippen LogP contribution >= 0.6 is 0 Å². The number of rotatable bonds is 6. The van der Waals surface area contributed by atoms with Crippen LogP contribution in [0.4, 0.5) is 0 Å². The minimum Gasteiger partial charge on any atom is -0.455 e. The number of hydrogen-bond donors (Lipinski definition) is 3. The molecule has 0 saturated carbocycles. The molecule has 0 bridgehead atoms. The molecular weight excluding hydrogens is 516 g/mol. The summed E-state index contributed by atoms with van der Waals surface area (Å²) in [6.07, 6.45) is 5.84. The maximum absolute atomic E-state index is 9.15. The van der Waals surface area contributed by atoms with Crippen molar-refractivity contribution in [2.24, 2.45) is 5.73 Å². The molecule has 2 unspecified atom stereocenters. The molecule has 5 nitrogen and oxygen atoms in total. The summed E-state index contributed by atoms with van der Waals surface area (Å²) in [7, 11) is 0. The van der Waals surface area contributed by atoms with E-state index in [2.05, 4.69) is 95.6 Å². The lowest BCUT2D eigenvalue weighted by Crippen LogP contribution is -2.44. The number of benzene rings is 5. The molecule has 0 aliphatic carbocycles. The lowest BCUT2D eigenvalue weighted by molar-refractivity contribution is 0.466. The summed E-state index contributed by atoms with van der Waals surface area (Å²) in [6.45, 7) is 0. The number of para-hydroxylation sites is 1. The van der Waals surface area contributed by atoms with E-state index in [1.54, 1.807) is 0 Å². The molecule has 1 aromatic heterocycles. The van der Waals surface area contributed by atoms with Crippen LogP contribution in [0.3, 0.4) is 0 Å². The normalized spacial score (nSPS) is 15.2. The zero-order chi connectivity index (χ0) is 28.5. The van der Waals surface area contributed by atoms with Crippen molar-refractivity contribution in [3.05, 3.63) is 150 Å². The standard InChI is InChI=1S/C37H28N4O/c38-22-24-9-11-27(12-10-24)31-7-4-8-32-33-21-29(17-19-34(33)42-36(31)32)26-13-15-28(16-14-26)37(39)41-35-20-18-30(23-40-35)25-5-2-1-3-6-25/h1-21,23,35,37,40-41H,39H2. The van der Waals surface area contributed by atoms with Gasteiger partial charge in [-0.2, -0.15) is 5.26 Å². The monoisotopic (exact) mass is 544 g/mol. The van der Waals surface area contributed by atoms with Gasteiger partial charge in [0.2, 0.25) is 0 Å². The van der Waals surface area contributed by atoms with E-state index in [9.17, 15) is 0 Å². The molecule has 1 aliphatic heterocycles. The Hall–Kier alpha value is -5.41. The molecule has 1 aliphatic rings. The van der Waals surface area contributed by atoms with Gasteiger partial charge in [0.05, 0.1) is 24.0 Å². The van der Waals surface area contributed by atoms with Gasteiger partial charge in [-0.25, -0.2) is 0 Å². The first-order chi connectivity index (χ1) is 20.7. The first-order valence-corrected chi connectivity index (χ1v) is 13.9. The minimum atomic E-state index is -0.325. The van der Waals surface area contributed by atoms with Crippen molar-refractivity contribution in [2.45, 2.75) is 12.3 Å². The van der Waals surface area contributed by atoms with Gasteiger partial charge in [0, 0.05) is 22.5 Å². The largest absolute Gasteiger partial charge is 0.455 e. The molecule has 0 spiro atoms. The Balaban J connectivity index is 1.09. The lowest BCUT2D eigenvalue weighted by Gasteiger charge is -2.24. The van der Waals surface area contributed by atoms with E-state index in [1.807, 2.05) is 54.7 Å². The fourth-order valence-electron chi connectivity index (χ4n) is 5.50. The van der Waals surface area contributed by atoms with Crippen molar-refractivity contribution >= 4 is 27.5 Å². The number of hydrogen-bond acceptors (Lipinski definition) is 5. The Kier molecular flexibility index (Phi) is 6.61. The highest BCUT2D eigenvalue weighted by atomic mass is 16.3. The molecular formula is C37H28N4O. The first kappa shape index (κ1) is 25.6. The van der Waals surface area contributed by atoms with Crippen LogP contribution in [0.15, 0.2) is 138 Å². The summed E-state index contributed by atoms with van der Waals surface area (Å²) in [4.78, 5) is 0. The van der Waals surface area contributed by atoms with E-state index in [4.69, 9.17) is 15.4 Å². The van der Waals surface area contributed by atoms with Gasteiger partial charge in [0.25, 0.3) is 0 Å². The highest BCUT2D eigenvalue weighted by Crippen LogP contribution is 2.37.